The summed E-state index contributed by atoms with van der Waals surface area (Å²) in [7, 11) is 1.24. The van der Waals surface area contributed by atoms with E-state index in [0.717, 1.165) is 38.5 Å². The van der Waals surface area contributed by atoms with Gasteiger partial charge in [-0.3, -0.25) is 9.36 Å². The standard InChI is InChI=1S/C44H85N2O6P/c1-6-8-10-12-14-16-18-20-21-22-23-24-25-26-28-30-32-34-36-38-44(48)45-42(41-52-53(49,50)51-40-39-46(3,4)5)43(47)37-35-33-31-29-27-19-17-15-13-11-9-7-2/h22-23,27,29,35,37,42-43,47H,6-21,24-26,28,30-34,36,38-41H2,1-5H3,(H-,45,48,49,50)/b23-22-,29-27+,37-35+. The third-order valence-electron chi connectivity index (χ3n) is 9.57. The lowest BCUT2D eigenvalue weighted by molar-refractivity contribution is -0.870. The second-order valence-electron chi connectivity index (χ2n) is 16.0. The van der Waals surface area contributed by atoms with Gasteiger partial charge < -0.3 is 28.8 Å². The van der Waals surface area contributed by atoms with Crippen molar-refractivity contribution in [1.82, 2.24) is 5.32 Å². The molecule has 1 amide bonds. The van der Waals surface area contributed by atoms with Crippen molar-refractivity contribution >= 4 is 13.7 Å². The summed E-state index contributed by atoms with van der Waals surface area (Å²) in [6, 6.07) is -0.902. The Bertz CT molecular complexity index is 964. The summed E-state index contributed by atoms with van der Waals surface area (Å²) >= 11 is 0. The van der Waals surface area contributed by atoms with Crippen LogP contribution in [0.1, 0.15) is 187 Å². The molecule has 0 aromatic rings. The minimum Gasteiger partial charge on any atom is -0.756 e. The largest absolute Gasteiger partial charge is 0.756 e. The molecule has 0 aliphatic rings. The van der Waals surface area contributed by atoms with Crippen LogP contribution in [0.25, 0.3) is 0 Å². The number of likely N-dealkylation sites (N-methyl/N-ethyl adjacent to an activating group) is 1. The second-order valence-corrected chi connectivity index (χ2v) is 17.4. The van der Waals surface area contributed by atoms with Crippen LogP contribution >= 0.6 is 7.82 Å². The SMILES string of the molecule is CCCCCCCC/C=C/CC/C=C/C(O)C(COP(=O)([O-])OCC[N+](C)(C)C)NC(=O)CCCCCCCCC/C=C\CCCCCCCCCC. The summed E-state index contributed by atoms with van der Waals surface area (Å²) in [5.41, 5.74) is 0. The lowest BCUT2D eigenvalue weighted by Gasteiger charge is -2.29. The Hall–Kier alpha value is -1.28. The molecule has 0 bridgehead atoms. The molecule has 0 fully saturated rings. The molecule has 3 atom stereocenters. The Labute approximate surface area is 327 Å². The Kier molecular flexibility index (Phi) is 35.5. The highest BCUT2D eigenvalue weighted by Gasteiger charge is 2.23. The van der Waals surface area contributed by atoms with Gasteiger partial charge in [0.05, 0.1) is 39.9 Å². The van der Waals surface area contributed by atoms with E-state index in [1.807, 2.05) is 27.2 Å². The number of nitrogens with zero attached hydrogens (tertiary/aromatic N) is 1. The summed E-state index contributed by atoms with van der Waals surface area (Å²) in [6.07, 6.45) is 43.3. The zero-order valence-corrected chi connectivity index (χ0v) is 36.1. The fraction of sp³-hybridized carbons (Fsp3) is 0.841. The van der Waals surface area contributed by atoms with Crippen molar-refractivity contribution in [1.29, 1.82) is 0 Å². The van der Waals surface area contributed by atoms with E-state index in [0.29, 0.717) is 17.4 Å². The first kappa shape index (κ1) is 51.7. The van der Waals surface area contributed by atoms with Gasteiger partial charge in [0.2, 0.25) is 5.91 Å². The maximum absolute atomic E-state index is 12.8. The Morgan fingerprint density at radius 3 is 1.53 bits per heavy atom. The predicted octanol–water partition coefficient (Wildman–Crippen LogP) is 11.3. The second kappa shape index (κ2) is 36.4. The minimum atomic E-state index is -4.59. The number of aliphatic hydroxyl groups excluding tert-OH is 1. The fourth-order valence-electron chi connectivity index (χ4n) is 6.04. The van der Waals surface area contributed by atoms with E-state index in [2.05, 4.69) is 43.5 Å². The number of amides is 1. The number of carbonyl (C=O) groups is 1. The highest BCUT2D eigenvalue weighted by atomic mass is 31.2. The first-order chi connectivity index (χ1) is 25.5. The van der Waals surface area contributed by atoms with Crippen LogP contribution in [-0.2, 0) is 18.4 Å². The Morgan fingerprint density at radius 2 is 1.06 bits per heavy atom. The van der Waals surface area contributed by atoms with Gasteiger partial charge in [0.15, 0.2) is 0 Å². The van der Waals surface area contributed by atoms with Crippen LogP contribution in [0.15, 0.2) is 36.5 Å². The van der Waals surface area contributed by atoms with E-state index in [9.17, 15) is 19.4 Å². The van der Waals surface area contributed by atoms with E-state index in [1.165, 1.54) is 128 Å². The van der Waals surface area contributed by atoms with Gasteiger partial charge in [0.25, 0.3) is 7.82 Å². The van der Waals surface area contributed by atoms with Crippen molar-refractivity contribution in [2.24, 2.45) is 0 Å². The van der Waals surface area contributed by atoms with Gasteiger partial charge in [-0.25, -0.2) is 0 Å². The molecular weight excluding hydrogens is 683 g/mol. The number of hydrogen-bond acceptors (Lipinski definition) is 6. The summed E-state index contributed by atoms with van der Waals surface area (Å²) in [6.45, 7) is 4.59. The molecule has 8 nitrogen and oxygen atoms in total. The highest BCUT2D eigenvalue weighted by molar-refractivity contribution is 7.45. The van der Waals surface area contributed by atoms with Crippen LogP contribution < -0.4 is 10.2 Å². The van der Waals surface area contributed by atoms with Crippen LogP contribution in [-0.4, -0.2) is 68.5 Å². The molecule has 0 saturated carbocycles. The molecule has 0 aliphatic heterocycles. The molecular formula is C44H85N2O6P. The number of rotatable bonds is 39. The molecule has 0 radical (unpaired) electrons. The van der Waals surface area contributed by atoms with Gasteiger partial charge in [0.1, 0.15) is 13.2 Å². The van der Waals surface area contributed by atoms with Crippen molar-refractivity contribution in [3.05, 3.63) is 36.5 Å². The number of nitrogens with one attached hydrogen (secondary N) is 1. The molecule has 0 saturated heterocycles. The molecule has 0 spiro atoms. The fourth-order valence-corrected chi connectivity index (χ4v) is 6.77. The monoisotopic (exact) mass is 769 g/mol. The molecule has 53 heavy (non-hydrogen) atoms. The van der Waals surface area contributed by atoms with Crippen LogP contribution in [0.2, 0.25) is 0 Å². The zero-order chi connectivity index (χ0) is 39.3. The number of unbranched alkanes of at least 4 members (excludes halogenated alkanes) is 22. The van der Waals surface area contributed by atoms with E-state index in [-0.39, 0.29) is 12.5 Å². The van der Waals surface area contributed by atoms with Crippen molar-refractivity contribution in [3.8, 4) is 0 Å². The normalized spacial score (nSPS) is 14.8. The van der Waals surface area contributed by atoms with Gasteiger partial charge >= 0.3 is 0 Å². The molecule has 0 heterocycles. The molecule has 2 N–H and O–H groups in total. The first-order valence-corrected chi connectivity index (χ1v) is 23.3. The first-order valence-electron chi connectivity index (χ1n) is 21.9. The van der Waals surface area contributed by atoms with Crippen molar-refractivity contribution in [2.45, 2.75) is 199 Å². The molecule has 0 aliphatic carbocycles. The molecule has 9 heteroatoms. The molecule has 312 valence electrons. The van der Waals surface area contributed by atoms with Crippen molar-refractivity contribution < 1.29 is 32.9 Å². The van der Waals surface area contributed by atoms with E-state index >= 15 is 0 Å². The lowest BCUT2D eigenvalue weighted by Crippen LogP contribution is -2.45. The average molecular weight is 769 g/mol. The quantitative estimate of drug-likeness (QED) is 0.0279. The van der Waals surface area contributed by atoms with Gasteiger partial charge in [-0.15, -0.1) is 0 Å². The number of quaternary nitrogens is 1. The minimum absolute atomic E-state index is 0.00736. The zero-order valence-electron chi connectivity index (χ0n) is 35.2. The third kappa shape index (κ3) is 38.8. The van der Waals surface area contributed by atoms with Crippen LogP contribution in [0, 0.1) is 0 Å². The van der Waals surface area contributed by atoms with Crippen LogP contribution in [0.4, 0.5) is 0 Å². The van der Waals surface area contributed by atoms with E-state index < -0.39 is 26.6 Å². The van der Waals surface area contributed by atoms with Crippen LogP contribution in [0.3, 0.4) is 0 Å². The summed E-state index contributed by atoms with van der Waals surface area (Å²) in [5.74, 6) is -0.214. The molecule has 0 aromatic carbocycles. The van der Waals surface area contributed by atoms with Gasteiger partial charge in [-0.1, -0.05) is 159 Å². The highest BCUT2D eigenvalue weighted by Crippen LogP contribution is 2.38. The van der Waals surface area contributed by atoms with Gasteiger partial charge in [0, 0.05) is 6.42 Å². The third-order valence-corrected chi connectivity index (χ3v) is 10.5. The van der Waals surface area contributed by atoms with Crippen molar-refractivity contribution in [2.75, 3.05) is 40.9 Å². The van der Waals surface area contributed by atoms with Crippen molar-refractivity contribution in [3.63, 3.8) is 0 Å². The summed E-state index contributed by atoms with van der Waals surface area (Å²) in [4.78, 5) is 25.2. The van der Waals surface area contributed by atoms with E-state index in [4.69, 9.17) is 9.05 Å². The number of aliphatic hydroxyl groups is 1. The number of allylic oxidation sites excluding steroid dienone is 5. The van der Waals surface area contributed by atoms with Crippen LogP contribution in [0.5, 0.6) is 0 Å². The number of phosphoric acid groups is 1. The average Bonchev–Trinajstić information content (AvgIpc) is 3.10. The molecule has 0 aromatic heterocycles. The number of phosphoric ester groups is 1. The number of carbonyl (C=O) groups excluding carboxylic acids is 1. The maximum Gasteiger partial charge on any atom is 0.268 e. The molecule has 3 unspecified atom stereocenters. The van der Waals surface area contributed by atoms with Gasteiger partial charge in [-0.05, 0) is 57.8 Å². The predicted molar refractivity (Wildman–Crippen MR) is 224 cm³/mol. The summed E-state index contributed by atoms with van der Waals surface area (Å²) < 4.78 is 23.1. The summed E-state index contributed by atoms with van der Waals surface area (Å²) in [5, 5.41) is 13.7. The Morgan fingerprint density at radius 1 is 0.642 bits per heavy atom. The van der Waals surface area contributed by atoms with Gasteiger partial charge in [-0.2, -0.15) is 0 Å². The van der Waals surface area contributed by atoms with E-state index in [1.54, 1.807) is 6.08 Å². The maximum atomic E-state index is 12.8. The molecule has 0 rings (SSSR count). The lowest BCUT2D eigenvalue weighted by atomic mass is 10.1. The number of hydrogen-bond donors (Lipinski definition) is 2. The Balaban J connectivity index is 4.42. The topological polar surface area (TPSA) is 108 Å². The smallest absolute Gasteiger partial charge is 0.268 e.